The molecule has 17 heavy (non-hydrogen) atoms. The van der Waals surface area contributed by atoms with Gasteiger partial charge in [0.05, 0.1) is 23.2 Å². The number of aliphatic hydroxyl groups is 1. The number of hydrogen-bond acceptors (Lipinski definition) is 4. The van der Waals surface area contributed by atoms with E-state index in [1.807, 2.05) is 12.3 Å². The topological polar surface area (TPSA) is 36.4 Å². The van der Waals surface area contributed by atoms with Gasteiger partial charge in [-0.25, -0.2) is 4.98 Å². The molecule has 5 heteroatoms. The molecule has 0 bridgehead atoms. The number of thiazole rings is 1. The third-order valence-electron chi connectivity index (χ3n) is 2.90. The Morgan fingerprint density at radius 1 is 1.53 bits per heavy atom. The number of unbranched alkanes of at least 4 members (excludes halogenated alkanes) is 1. The Kier molecular flexibility index (Phi) is 7.04. The van der Waals surface area contributed by atoms with Crippen molar-refractivity contribution < 1.29 is 5.11 Å². The molecule has 0 amide bonds. The van der Waals surface area contributed by atoms with Crippen molar-refractivity contribution in [3.63, 3.8) is 0 Å². The van der Waals surface area contributed by atoms with Gasteiger partial charge in [-0.15, -0.1) is 22.9 Å². The Labute approximate surface area is 112 Å². The van der Waals surface area contributed by atoms with E-state index in [4.69, 9.17) is 16.7 Å². The second-order valence-electron chi connectivity index (χ2n) is 4.34. The molecule has 1 aromatic rings. The quantitative estimate of drug-likeness (QED) is 0.585. The first kappa shape index (κ1) is 14.9. The summed E-state index contributed by atoms with van der Waals surface area (Å²) in [5.74, 6) is 0.507. The van der Waals surface area contributed by atoms with E-state index in [2.05, 4.69) is 16.9 Å². The van der Waals surface area contributed by atoms with Crippen molar-refractivity contribution in [3.8, 4) is 0 Å². The van der Waals surface area contributed by atoms with E-state index in [1.165, 1.54) is 5.01 Å². The molecule has 0 aliphatic carbocycles. The van der Waals surface area contributed by atoms with Gasteiger partial charge in [-0.2, -0.15) is 0 Å². The van der Waals surface area contributed by atoms with Crippen molar-refractivity contribution in [2.75, 3.05) is 20.2 Å². The lowest BCUT2D eigenvalue weighted by Gasteiger charge is -2.22. The summed E-state index contributed by atoms with van der Waals surface area (Å²) < 4.78 is 0. The SMILES string of the molecule is CC(CO)N(C)CCCCc1nc(CCl)cs1. The van der Waals surface area contributed by atoms with Crippen LogP contribution in [-0.2, 0) is 12.3 Å². The number of nitrogens with zero attached hydrogens (tertiary/aromatic N) is 2. The summed E-state index contributed by atoms with van der Waals surface area (Å²) in [6, 6.07) is 0.248. The highest BCUT2D eigenvalue weighted by Crippen LogP contribution is 2.14. The Morgan fingerprint density at radius 3 is 2.88 bits per heavy atom. The van der Waals surface area contributed by atoms with Gasteiger partial charge in [0.25, 0.3) is 0 Å². The molecule has 0 saturated carbocycles. The molecule has 1 rings (SSSR count). The second kappa shape index (κ2) is 8.03. The van der Waals surface area contributed by atoms with Crippen LogP contribution < -0.4 is 0 Å². The maximum absolute atomic E-state index is 9.01. The fourth-order valence-corrected chi connectivity index (χ4v) is 2.59. The molecule has 0 radical (unpaired) electrons. The predicted molar refractivity (Wildman–Crippen MR) is 73.8 cm³/mol. The molecule has 0 aliphatic heterocycles. The number of aliphatic hydroxyl groups excluding tert-OH is 1. The van der Waals surface area contributed by atoms with Gasteiger partial charge < -0.3 is 10.0 Å². The van der Waals surface area contributed by atoms with Crippen molar-refractivity contribution >= 4 is 22.9 Å². The van der Waals surface area contributed by atoms with E-state index in [0.29, 0.717) is 5.88 Å². The molecule has 98 valence electrons. The third-order valence-corrected chi connectivity index (χ3v) is 4.14. The minimum atomic E-state index is 0.224. The molecule has 1 N–H and O–H groups in total. The number of likely N-dealkylation sites (N-methyl/N-ethyl adjacent to an activating group) is 1. The molecule has 1 unspecified atom stereocenters. The molecule has 0 aromatic carbocycles. The average Bonchev–Trinajstić information content (AvgIpc) is 2.81. The lowest BCUT2D eigenvalue weighted by Crippen LogP contribution is -2.32. The molecule has 0 fully saturated rings. The molecule has 0 spiro atoms. The zero-order valence-corrected chi connectivity index (χ0v) is 12.1. The fourth-order valence-electron chi connectivity index (χ4n) is 1.52. The van der Waals surface area contributed by atoms with E-state index in [1.54, 1.807) is 11.3 Å². The lowest BCUT2D eigenvalue weighted by molar-refractivity contribution is 0.157. The molecule has 1 heterocycles. The Bertz CT molecular complexity index is 319. The van der Waals surface area contributed by atoms with Gasteiger partial charge in [-0.3, -0.25) is 0 Å². The Balaban J connectivity index is 2.15. The zero-order chi connectivity index (χ0) is 12.7. The average molecular weight is 277 g/mol. The van der Waals surface area contributed by atoms with Crippen molar-refractivity contribution in [2.45, 2.75) is 38.1 Å². The molecule has 0 saturated heterocycles. The number of aromatic nitrogens is 1. The monoisotopic (exact) mass is 276 g/mol. The van der Waals surface area contributed by atoms with Gasteiger partial charge in [0.2, 0.25) is 0 Å². The molecular weight excluding hydrogens is 256 g/mol. The molecule has 0 aliphatic rings. The minimum absolute atomic E-state index is 0.224. The van der Waals surface area contributed by atoms with Crippen molar-refractivity contribution in [1.29, 1.82) is 0 Å². The van der Waals surface area contributed by atoms with E-state index in [9.17, 15) is 0 Å². The first-order valence-corrected chi connectivity index (χ1v) is 7.39. The van der Waals surface area contributed by atoms with Gasteiger partial charge in [0, 0.05) is 11.4 Å². The summed E-state index contributed by atoms with van der Waals surface area (Å²) in [4.78, 5) is 6.62. The summed E-state index contributed by atoms with van der Waals surface area (Å²) in [7, 11) is 2.05. The highest BCUT2D eigenvalue weighted by atomic mass is 35.5. The largest absolute Gasteiger partial charge is 0.395 e. The van der Waals surface area contributed by atoms with Gasteiger partial charge in [-0.05, 0) is 39.8 Å². The highest BCUT2D eigenvalue weighted by Gasteiger charge is 2.07. The number of halogens is 1. The van der Waals surface area contributed by atoms with Gasteiger partial charge in [0.1, 0.15) is 0 Å². The summed E-state index contributed by atoms with van der Waals surface area (Å²) in [5, 5.41) is 12.2. The predicted octanol–water partition coefficient (Wildman–Crippen LogP) is 2.52. The normalized spacial score (nSPS) is 13.2. The van der Waals surface area contributed by atoms with Crippen LogP contribution in [0, 0.1) is 0 Å². The second-order valence-corrected chi connectivity index (χ2v) is 5.55. The van der Waals surface area contributed by atoms with Crippen LogP contribution >= 0.6 is 22.9 Å². The Hall–Kier alpha value is -0.160. The number of hydrogen-bond donors (Lipinski definition) is 1. The minimum Gasteiger partial charge on any atom is -0.395 e. The summed E-state index contributed by atoms with van der Waals surface area (Å²) in [5.41, 5.74) is 0.984. The van der Waals surface area contributed by atoms with Crippen LogP contribution in [0.2, 0.25) is 0 Å². The van der Waals surface area contributed by atoms with Crippen LogP contribution in [0.25, 0.3) is 0 Å². The van der Waals surface area contributed by atoms with Crippen LogP contribution in [0.15, 0.2) is 5.38 Å². The smallest absolute Gasteiger partial charge is 0.0928 e. The van der Waals surface area contributed by atoms with E-state index >= 15 is 0 Å². The van der Waals surface area contributed by atoms with Crippen molar-refractivity contribution in [1.82, 2.24) is 9.88 Å². The van der Waals surface area contributed by atoms with Crippen LogP contribution in [0.5, 0.6) is 0 Å². The number of rotatable bonds is 8. The zero-order valence-electron chi connectivity index (χ0n) is 10.5. The van der Waals surface area contributed by atoms with E-state index in [-0.39, 0.29) is 12.6 Å². The van der Waals surface area contributed by atoms with Gasteiger partial charge in [0.15, 0.2) is 0 Å². The van der Waals surface area contributed by atoms with Crippen LogP contribution in [-0.4, -0.2) is 41.2 Å². The summed E-state index contributed by atoms with van der Waals surface area (Å²) >= 11 is 7.40. The maximum atomic E-state index is 9.01. The first-order chi connectivity index (χ1) is 8.17. The maximum Gasteiger partial charge on any atom is 0.0928 e. The van der Waals surface area contributed by atoms with E-state index in [0.717, 1.165) is 31.5 Å². The Morgan fingerprint density at radius 2 is 2.29 bits per heavy atom. The number of alkyl halides is 1. The molecular formula is C12H21ClN2OS. The van der Waals surface area contributed by atoms with Gasteiger partial charge >= 0.3 is 0 Å². The van der Waals surface area contributed by atoms with Crippen LogP contribution in [0.1, 0.15) is 30.5 Å². The highest BCUT2D eigenvalue weighted by molar-refractivity contribution is 7.09. The lowest BCUT2D eigenvalue weighted by atomic mass is 10.2. The van der Waals surface area contributed by atoms with Crippen LogP contribution in [0.3, 0.4) is 0 Å². The van der Waals surface area contributed by atoms with Crippen molar-refractivity contribution in [2.24, 2.45) is 0 Å². The number of aryl methyl sites for hydroxylation is 1. The molecule has 1 atom stereocenters. The van der Waals surface area contributed by atoms with Crippen molar-refractivity contribution in [3.05, 3.63) is 16.1 Å². The summed E-state index contributed by atoms with van der Waals surface area (Å²) in [6.45, 7) is 3.28. The fraction of sp³-hybridized carbons (Fsp3) is 0.750. The summed E-state index contributed by atoms with van der Waals surface area (Å²) in [6.07, 6.45) is 3.30. The molecule has 3 nitrogen and oxygen atoms in total. The van der Waals surface area contributed by atoms with E-state index < -0.39 is 0 Å². The first-order valence-electron chi connectivity index (χ1n) is 5.97. The third kappa shape index (κ3) is 5.34. The van der Waals surface area contributed by atoms with Crippen LogP contribution in [0.4, 0.5) is 0 Å². The molecule has 1 aromatic heterocycles. The standard InChI is InChI=1S/C12H21ClN2OS/c1-10(8-16)15(2)6-4-3-5-12-14-11(7-13)9-17-12/h9-10,16H,3-8H2,1-2H3. The van der Waals surface area contributed by atoms with Gasteiger partial charge in [-0.1, -0.05) is 0 Å².